The van der Waals surface area contributed by atoms with E-state index in [4.69, 9.17) is 0 Å². The first-order chi connectivity index (χ1) is 5.95. The first kappa shape index (κ1) is 7.09. The van der Waals surface area contributed by atoms with Crippen LogP contribution in [0.25, 0.3) is 0 Å². The Morgan fingerprint density at radius 2 is 2.25 bits per heavy atom. The average molecular weight is 162 g/mol. The lowest BCUT2D eigenvalue weighted by Crippen LogP contribution is -1.92. The van der Waals surface area contributed by atoms with Gasteiger partial charge in [0.15, 0.2) is 0 Å². The highest BCUT2D eigenvalue weighted by Gasteiger charge is 1.96. The van der Waals surface area contributed by atoms with Gasteiger partial charge in [0.25, 0.3) is 0 Å². The van der Waals surface area contributed by atoms with Gasteiger partial charge in [-0.3, -0.25) is 0 Å². The van der Waals surface area contributed by atoms with E-state index in [0.717, 1.165) is 24.4 Å². The smallest absolute Gasteiger partial charge is 0.106 e. The summed E-state index contributed by atoms with van der Waals surface area (Å²) in [5.74, 6) is 1.02. The van der Waals surface area contributed by atoms with Gasteiger partial charge < -0.3 is 9.97 Å². The fourth-order valence-electron chi connectivity index (χ4n) is 1.11. The Morgan fingerprint density at radius 1 is 1.25 bits per heavy atom. The van der Waals surface area contributed by atoms with Crippen LogP contribution in [0.15, 0.2) is 24.9 Å². The van der Waals surface area contributed by atoms with Crippen molar-refractivity contribution in [3.05, 3.63) is 36.4 Å². The summed E-state index contributed by atoms with van der Waals surface area (Å²) in [6.45, 7) is 0. The van der Waals surface area contributed by atoms with Crippen LogP contribution < -0.4 is 0 Å². The van der Waals surface area contributed by atoms with E-state index in [1.165, 1.54) is 0 Å². The fraction of sp³-hybridized carbons (Fsp3) is 0.250. The zero-order chi connectivity index (χ0) is 8.23. The minimum absolute atomic E-state index is 0.926. The van der Waals surface area contributed by atoms with E-state index in [1.54, 1.807) is 12.5 Å². The quantitative estimate of drug-likeness (QED) is 0.705. The molecular formula is C8H10N4. The lowest BCUT2D eigenvalue weighted by molar-refractivity contribution is 0.863. The second-order valence-electron chi connectivity index (χ2n) is 2.61. The second-order valence-corrected chi connectivity index (χ2v) is 2.61. The van der Waals surface area contributed by atoms with Crippen LogP contribution in [0.1, 0.15) is 11.5 Å². The van der Waals surface area contributed by atoms with E-state index in [9.17, 15) is 0 Å². The molecular weight excluding hydrogens is 152 g/mol. The van der Waals surface area contributed by atoms with Crippen LogP contribution in [0, 0.1) is 0 Å². The van der Waals surface area contributed by atoms with Crippen molar-refractivity contribution in [1.82, 2.24) is 19.9 Å². The lowest BCUT2D eigenvalue weighted by Gasteiger charge is -1.93. The molecule has 0 spiro atoms. The van der Waals surface area contributed by atoms with Crippen molar-refractivity contribution < 1.29 is 0 Å². The van der Waals surface area contributed by atoms with Gasteiger partial charge in [0.2, 0.25) is 0 Å². The molecule has 2 rings (SSSR count). The van der Waals surface area contributed by atoms with Crippen LogP contribution in [-0.2, 0) is 12.8 Å². The van der Waals surface area contributed by atoms with Crippen molar-refractivity contribution >= 4 is 0 Å². The van der Waals surface area contributed by atoms with E-state index < -0.39 is 0 Å². The molecule has 0 fully saturated rings. The van der Waals surface area contributed by atoms with Gasteiger partial charge in [-0.25, -0.2) is 9.97 Å². The predicted molar refractivity (Wildman–Crippen MR) is 44.6 cm³/mol. The van der Waals surface area contributed by atoms with Crippen molar-refractivity contribution in [3.8, 4) is 0 Å². The molecule has 0 saturated heterocycles. The van der Waals surface area contributed by atoms with Gasteiger partial charge in [-0.15, -0.1) is 0 Å². The molecule has 0 amide bonds. The monoisotopic (exact) mass is 162 g/mol. The Balaban J connectivity index is 1.91. The van der Waals surface area contributed by atoms with Crippen molar-refractivity contribution in [1.29, 1.82) is 0 Å². The molecule has 0 aliphatic rings. The van der Waals surface area contributed by atoms with Gasteiger partial charge in [-0.2, -0.15) is 0 Å². The largest absolute Gasteiger partial charge is 0.349 e. The number of aromatic amines is 2. The Kier molecular flexibility index (Phi) is 1.90. The standard InChI is InChI=1S/C8H10N4/c1(7-5-9-6-12-7)2-8-10-3-4-11-8/h3-6H,1-2H2,(H,9,12)(H,10,11). The average Bonchev–Trinajstić information content (AvgIpc) is 2.74. The topological polar surface area (TPSA) is 57.4 Å². The van der Waals surface area contributed by atoms with Crippen LogP contribution >= 0.6 is 0 Å². The molecule has 0 saturated carbocycles. The van der Waals surface area contributed by atoms with Gasteiger partial charge in [-0.1, -0.05) is 0 Å². The van der Waals surface area contributed by atoms with Gasteiger partial charge >= 0.3 is 0 Å². The maximum absolute atomic E-state index is 4.13. The molecule has 2 heterocycles. The van der Waals surface area contributed by atoms with E-state index >= 15 is 0 Å². The summed E-state index contributed by atoms with van der Waals surface area (Å²) < 4.78 is 0. The van der Waals surface area contributed by atoms with Gasteiger partial charge in [0.1, 0.15) is 5.82 Å². The summed E-state index contributed by atoms with van der Waals surface area (Å²) in [5.41, 5.74) is 1.14. The molecule has 2 aromatic rings. The second kappa shape index (κ2) is 3.21. The molecule has 0 aliphatic heterocycles. The number of hydrogen-bond donors (Lipinski definition) is 2. The third kappa shape index (κ3) is 1.53. The first-order valence-electron chi connectivity index (χ1n) is 3.90. The summed E-state index contributed by atoms with van der Waals surface area (Å²) in [6, 6.07) is 0. The number of imidazole rings is 2. The molecule has 12 heavy (non-hydrogen) atoms. The van der Waals surface area contributed by atoms with Crippen LogP contribution in [0.3, 0.4) is 0 Å². The molecule has 0 radical (unpaired) electrons. The lowest BCUT2D eigenvalue weighted by atomic mass is 10.2. The van der Waals surface area contributed by atoms with Crippen LogP contribution in [0.5, 0.6) is 0 Å². The number of nitrogens with one attached hydrogen (secondary N) is 2. The summed E-state index contributed by atoms with van der Waals surface area (Å²) in [4.78, 5) is 14.2. The predicted octanol–water partition coefficient (Wildman–Crippen LogP) is 0.918. The van der Waals surface area contributed by atoms with Crippen molar-refractivity contribution in [2.24, 2.45) is 0 Å². The van der Waals surface area contributed by atoms with Gasteiger partial charge in [-0.05, 0) is 6.42 Å². The summed E-state index contributed by atoms with van der Waals surface area (Å²) in [7, 11) is 0. The van der Waals surface area contributed by atoms with Gasteiger partial charge in [0, 0.05) is 30.7 Å². The van der Waals surface area contributed by atoms with E-state index in [2.05, 4.69) is 19.9 Å². The number of aryl methyl sites for hydroxylation is 2. The van der Waals surface area contributed by atoms with Crippen molar-refractivity contribution in [3.63, 3.8) is 0 Å². The highest BCUT2D eigenvalue weighted by molar-refractivity contribution is 4.98. The molecule has 62 valence electrons. The summed E-state index contributed by atoms with van der Waals surface area (Å²) in [6.07, 6.45) is 9.01. The molecule has 0 bridgehead atoms. The normalized spacial score (nSPS) is 10.3. The molecule has 0 atom stereocenters. The van der Waals surface area contributed by atoms with Crippen molar-refractivity contribution in [2.75, 3.05) is 0 Å². The van der Waals surface area contributed by atoms with E-state index in [0.29, 0.717) is 0 Å². The zero-order valence-corrected chi connectivity index (χ0v) is 6.62. The number of rotatable bonds is 3. The highest BCUT2D eigenvalue weighted by atomic mass is 14.9. The summed E-state index contributed by atoms with van der Waals surface area (Å²) in [5, 5.41) is 0. The number of H-pyrrole nitrogens is 2. The Hall–Kier alpha value is -1.58. The number of hydrogen-bond acceptors (Lipinski definition) is 2. The summed E-state index contributed by atoms with van der Waals surface area (Å²) >= 11 is 0. The Bertz CT molecular complexity index is 274. The fourth-order valence-corrected chi connectivity index (χ4v) is 1.11. The van der Waals surface area contributed by atoms with Crippen molar-refractivity contribution in [2.45, 2.75) is 12.8 Å². The zero-order valence-electron chi connectivity index (χ0n) is 6.62. The Labute approximate surface area is 70.1 Å². The van der Waals surface area contributed by atoms with Crippen LogP contribution in [-0.4, -0.2) is 19.9 Å². The molecule has 2 aromatic heterocycles. The maximum Gasteiger partial charge on any atom is 0.106 e. The van der Waals surface area contributed by atoms with Crippen LogP contribution in [0.2, 0.25) is 0 Å². The molecule has 2 N–H and O–H groups in total. The molecule has 4 nitrogen and oxygen atoms in total. The maximum atomic E-state index is 4.13. The molecule has 0 aliphatic carbocycles. The van der Waals surface area contributed by atoms with E-state index in [-0.39, 0.29) is 0 Å². The number of nitrogens with zero attached hydrogens (tertiary/aromatic N) is 2. The van der Waals surface area contributed by atoms with Gasteiger partial charge in [0.05, 0.1) is 6.33 Å². The molecule has 0 unspecified atom stereocenters. The van der Waals surface area contributed by atoms with E-state index in [1.807, 2.05) is 12.4 Å². The SMILES string of the molecule is c1c[nH]c(CCc2cnc[nH]2)n1. The van der Waals surface area contributed by atoms with Crippen LogP contribution in [0.4, 0.5) is 0 Å². The third-order valence-electron chi connectivity index (χ3n) is 1.74. The first-order valence-corrected chi connectivity index (χ1v) is 3.90. The minimum Gasteiger partial charge on any atom is -0.349 e. The highest BCUT2D eigenvalue weighted by Crippen LogP contribution is 1.98. The molecule has 0 aromatic carbocycles. The molecule has 4 heteroatoms. The number of aromatic nitrogens is 4. The third-order valence-corrected chi connectivity index (χ3v) is 1.74. The Morgan fingerprint density at radius 3 is 2.92 bits per heavy atom. The minimum atomic E-state index is 0.926.